The minimum atomic E-state index is -0.383. The van der Waals surface area contributed by atoms with Crippen LogP contribution < -0.4 is 5.69 Å². The van der Waals surface area contributed by atoms with Crippen LogP contribution in [0.3, 0.4) is 0 Å². The Balaban J connectivity index is 1.45. The summed E-state index contributed by atoms with van der Waals surface area (Å²) < 4.78 is 1.36. The van der Waals surface area contributed by atoms with E-state index in [1.807, 2.05) is 4.90 Å². The molecule has 1 aliphatic heterocycles. The zero-order valence-electron chi connectivity index (χ0n) is 14.5. The Morgan fingerprint density at radius 2 is 1.81 bits per heavy atom. The fourth-order valence-corrected chi connectivity index (χ4v) is 3.80. The van der Waals surface area contributed by atoms with Crippen LogP contribution in [0.2, 0.25) is 0 Å². The summed E-state index contributed by atoms with van der Waals surface area (Å²) in [5, 5.41) is 2.57. The van der Waals surface area contributed by atoms with Crippen LogP contribution in [0.25, 0.3) is 10.8 Å². The van der Waals surface area contributed by atoms with Gasteiger partial charge in [0.05, 0.1) is 0 Å². The van der Waals surface area contributed by atoms with Gasteiger partial charge in [-0.3, -0.25) is 9.36 Å². The number of nitrogens with zero attached hydrogens (tertiary/aromatic N) is 3. The summed E-state index contributed by atoms with van der Waals surface area (Å²) in [6.07, 6.45) is 4.94. The Bertz CT molecular complexity index is 982. The predicted molar refractivity (Wildman–Crippen MR) is 101 cm³/mol. The Morgan fingerprint density at radius 3 is 2.62 bits per heavy atom. The van der Waals surface area contributed by atoms with Gasteiger partial charge in [-0.2, -0.15) is 0 Å². The predicted octanol–water partition coefficient (Wildman–Crippen LogP) is 2.80. The molecular formula is C21H21N3O2. The highest BCUT2D eigenvalue weighted by atomic mass is 16.2. The topological polar surface area (TPSA) is 55.2 Å². The highest BCUT2D eigenvalue weighted by Gasteiger charge is 2.25. The average Bonchev–Trinajstić information content (AvgIpc) is 2.69. The molecule has 0 radical (unpaired) electrons. The molecule has 26 heavy (non-hydrogen) atoms. The number of carbonyl (C=O) groups excluding carboxylic acids is 1. The average molecular weight is 347 g/mol. The van der Waals surface area contributed by atoms with Gasteiger partial charge in [-0.05, 0) is 41.2 Å². The Kier molecular flexibility index (Phi) is 4.52. The molecule has 3 aromatic rings. The van der Waals surface area contributed by atoms with Crippen LogP contribution in [0.1, 0.15) is 24.3 Å². The quantitative estimate of drug-likeness (QED) is 0.732. The highest BCUT2D eigenvalue weighted by molar-refractivity contribution is 5.86. The molecule has 4 rings (SSSR count). The SMILES string of the molecule is O=C(Cn1cccnc1=O)N1CCC(c2cccc3ccccc23)CC1. The maximum atomic E-state index is 12.5. The fraction of sp³-hybridized carbons (Fsp3) is 0.286. The van der Waals surface area contributed by atoms with Crippen molar-refractivity contribution >= 4 is 16.7 Å². The van der Waals surface area contributed by atoms with Crippen molar-refractivity contribution in [1.29, 1.82) is 0 Å². The molecule has 2 heterocycles. The van der Waals surface area contributed by atoms with Crippen molar-refractivity contribution in [3.8, 4) is 0 Å². The zero-order valence-corrected chi connectivity index (χ0v) is 14.5. The zero-order chi connectivity index (χ0) is 17.9. The van der Waals surface area contributed by atoms with Gasteiger partial charge in [0, 0.05) is 25.5 Å². The largest absolute Gasteiger partial charge is 0.347 e. The normalized spacial score (nSPS) is 15.3. The first-order chi connectivity index (χ1) is 12.7. The lowest BCUT2D eigenvalue weighted by Crippen LogP contribution is -2.41. The summed E-state index contributed by atoms with van der Waals surface area (Å²) in [5.74, 6) is 0.447. The number of amides is 1. The summed E-state index contributed by atoms with van der Waals surface area (Å²) in [6, 6.07) is 16.6. The molecular weight excluding hydrogens is 326 g/mol. The standard InChI is InChI=1S/C21H21N3O2/c25-20(15-24-12-4-11-22-21(24)26)23-13-9-17(10-14-23)19-8-3-6-16-5-1-2-7-18(16)19/h1-8,11-12,17H,9-10,13-15H2. The first kappa shape index (κ1) is 16.5. The van der Waals surface area contributed by atoms with Crippen molar-refractivity contribution in [2.24, 2.45) is 0 Å². The van der Waals surface area contributed by atoms with Crippen LogP contribution in [0.15, 0.2) is 65.7 Å². The third-order valence-electron chi connectivity index (χ3n) is 5.20. The lowest BCUT2D eigenvalue weighted by molar-refractivity contribution is -0.133. The summed E-state index contributed by atoms with van der Waals surface area (Å²) in [4.78, 5) is 29.8. The molecule has 0 saturated carbocycles. The molecule has 0 atom stereocenters. The molecule has 0 aliphatic carbocycles. The van der Waals surface area contributed by atoms with Crippen molar-refractivity contribution < 1.29 is 4.79 Å². The van der Waals surface area contributed by atoms with Gasteiger partial charge >= 0.3 is 5.69 Å². The van der Waals surface area contributed by atoms with Gasteiger partial charge in [-0.25, -0.2) is 9.78 Å². The minimum absolute atomic E-state index is 0.0172. The summed E-state index contributed by atoms with van der Waals surface area (Å²) in [6.45, 7) is 1.51. The van der Waals surface area contributed by atoms with Crippen LogP contribution in [-0.4, -0.2) is 33.4 Å². The van der Waals surface area contributed by atoms with E-state index >= 15 is 0 Å². The monoisotopic (exact) mass is 347 g/mol. The number of rotatable bonds is 3. The van der Waals surface area contributed by atoms with E-state index in [9.17, 15) is 9.59 Å². The first-order valence-corrected chi connectivity index (χ1v) is 8.99. The number of likely N-dealkylation sites (tertiary alicyclic amines) is 1. The lowest BCUT2D eigenvalue weighted by Gasteiger charge is -2.33. The molecule has 1 aliphatic rings. The molecule has 132 valence electrons. The lowest BCUT2D eigenvalue weighted by atomic mass is 9.86. The van der Waals surface area contributed by atoms with Crippen LogP contribution >= 0.6 is 0 Å². The van der Waals surface area contributed by atoms with E-state index in [4.69, 9.17) is 0 Å². The summed E-state index contributed by atoms with van der Waals surface area (Å²) in [7, 11) is 0. The summed E-state index contributed by atoms with van der Waals surface area (Å²) >= 11 is 0. The van der Waals surface area contributed by atoms with Crippen molar-refractivity contribution in [2.45, 2.75) is 25.3 Å². The molecule has 0 spiro atoms. The van der Waals surface area contributed by atoms with E-state index in [1.165, 1.54) is 27.1 Å². The Labute approximate surface area is 151 Å². The molecule has 1 saturated heterocycles. The molecule has 5 heteroatoms. The van der Waals surface area contributed by atoms with Crippen molar-refractivity contribution in [2.75, 3.05) is 13.1 Å². The van der Waals surface area contributed by atoms with E-state index < -0.39 is 0 Å². The molecule has 0 unspecified atom stereocenters. The van der Waals surface area contributed by atoms with Crippen molar-refractivity contribution in [3.63, 3.8) is 0 Å². The number of piperidine rings is 1. The van der Waals surface area contributed by atoms with Crippen LogP contribution in [0.5, 0.6) is 0 Å². The van der Waals surface area contributed by atoms with E-state index in [-0.39, 0.29) is 18.1 Å². The summed E-state index contributed by atoms with van der Waals surface area (Å²) in [5.41, 5.74) is 0.991. The second-order valence-electron chi connectivity index (χ2n) is 6.75. The van der Waals surface area contributed by atoms with E-state index in [0.717, 1.165) is 25.9 Å². The number of benzene rings is 2. The second kappa shape index (κ2) is 7.12. The van der Waals surface area contributed by atoms with E-state index in [0.29, 0.717) is 5.92 Å². The molecule has 5 nitrogen and oxygen atoms in total. The van der Waals surface area contributed by atoms with E-state index in [2.05, 4.69) is 47.4 Å². The molecule has 1 aromatic heterocycles. The Morgan fingerprint density at radius 1 is 1.04 bits per heavy atom. The minimum Gasteiger partial charge on any atom is -0.341 e. The highest BCUT2D eigenvalue weighted by Crippen LogP contribution is 2.33. The van der Waals surface area contributed by atoms with Gasteiger partial charge in [0.1, 0.15) is 6.54 Å². The second-order valence-corrected chi connectivity index (χ2v) is 6.75. The van der Waals surface area contributed by atoms with Crippen LogP contribution in [-0.2, 0) is 11.3 Å². The number of hydrogen-bond acceptors (Lipinski definition) is 3. The smallest absolute Gasteiger partial charge is 0.341 e. The van der Waals surface area contributed by atoms with Gasteiger partial charge in [-0.15, -0.1) is 0 Å². The van der Waals surface area contributed by atoms with Gasteiger partial charge in [0.2, 0.25) is 5.91 Å². The van der Waals surface area contributed by atoms with Gasteiger partial charge in [0.15, 0.2) is 0 Å². The number of hydrogen-bond donors (Lipinski definition) is 0. The van der Waals surface area contributed by atoms with Gasteiger partial charge < -0.3 is 4.90 Å². The van der Waals surface area contributed by atoms with Crippen LogP contribution in [0.4, 0.5) is 0 Å². The molecule has 2 aromatic carbocycles. The molecule has 0 N–H and O–H groups in total. The maximum absolute atomic E-state index is 12.5. The van der Waals surface area contributed by atoms with Crippen LogP contribution in [0, 0.1) is 0 Å². The number of aromatic nitrogens is 2. The molecule has 1 amide bonds. The third-order valence-corrected chi connectivity index (χ3v) is 5.20. The van der Waals surface area contributed by atoms with Gasteiger partial charge in [-0.1, -0.05) is 42.5 Å². The number of fused-ring (bicyclic) bond motifs is 1. The molecule has 1 fully saturated rings. The first-order valence-electron chi connectivity index (χ1n) is 8.99. The third kappa shape index (κ3) is 3.25. The number of carbonyl (C=O) groups is 1. The van der Waals surface area contributed by atoms with E-state index in [1.54, 1.807) is 12.3 Å². The van der Waals surface area contributed by atoms with Gasteiger partial charge in [0.25, 0.3) is 0 Å². The van der Waals surface area contributed by atoms with Crippen molar-refractivity contribution in [3.05, 3.63) is 77.0 Å². The molecule has 0 bridgehead atoms. The fourth-order valence-electron chi connectivity index (χ4n) is 3.80. The maximum Gasteiger partial charge on any atom is 0.347 e. The van der Waals surface area contributed by atoms with Crippen molar-refractivity contribution in [1.82, 2.24) is 14.5 Å². The Hall–Kier alpha value is -2.95.